The molecular formula is C44H61N3O4. The largest absolute Gasteiger partial charge is 0.507 e. The van der Waals surface area contributed by atoms with Crippen molar-refractivity contribution >= 4 is 5.97 Å². The summed E-state index contributed by atoms with van der Waals surface area (Å²) in [6.45, 7) is 18.2. The molecule has 4 aromatic rings. The number of carbonyl (C=O) groups excluding carboxylic acids is 1. The van der Waals surface area contributed by atoms with Crippen molar-refractivity contribution in [3.63, 3.8) is 0 Å². The summed E-state index contributed by atoms with van der Waals surface area (Å²) in [6, 6.07) is 20.7. The monoisotopic (exact) mass is 695 g/mol. The number of phenols is 2. The smallest absolute Gasteiger partial charge is 0.338 e. The molecule has 0 aliphatic carbocycles. The first-order chi connectivity index (χ1) is 24.5. The van der Waals surface area contributed by atoms with Gasteiger partial charge in [-0.1, -0.05) is 137 Å². The molecule has 1 aromatic heterocycles. The Hall–Kier alpha value is -4.26. The van der Waals surface area contributed by atoms with Gasteiger partial charge >= 0.3 is 5.97 Å². The quantitative estimate of drug-likeness (QED) is 0.0998. The highest BCUT2D eigenvalue weighted by molar-refractivity contribution is 5.90. The van der Waals surface area contributed by atoms with Gasteiger partial charge in [0.05, 0.1) is 23.3 Å². The number of nitrogens with zero attached hydrogens (tertiary/aromatic N) is 3. The average molecular weight is 696 g/mol. The van der Waals surface area contributed by atoms with Gasteiger partial charge in [0, 0.05) is 5.56 Å². The highest BCUT2D eigenvalue weighted by atomic mass is 16.5. The number of aromatic nitrogens is 3. The van der Waals surface area contributed by atoms with Crippen molar-refractivity contribution in [3.05, 3.63) is 78.4 Å². The fourth-order valence-corrected chi connectivity index (χ4v) is 6.26. The summed E-state index contributed by atoms with van der Waals surface area (Å²) in [4.78, 5) is 27.5. The second-order valence-corrected chi connectivity index (χ2v) is 14.6. The summed E-state index contributed by atoms with van der Waals surface area (Å²) in [6.07, 6.45) is 9.50. The Morgan fingerprint density at radius 3 is 1.71 bits per heavy atom. The molecule has 0 bridgehead atoms. The lowest BCUT2D eigenvalue weighted by Gasteiger charge is -2.25. The molecule has 0 amide bonds. The zero-order valence-corrected chi connectivity index (χ0v) is 32.2. The Bertz CT molecular complexity index is 1570. The molecule has 51 heavy (non-hydrogen) atoms. The van der Waals surface area contributed by atoms with Crippen LogP contribution in [0.25, 0.3) is 34.2 Å². The second-order valence-electron chi connectivity index (χ2n) is 14.6. The highest BCUT2D eigenvalue weighted by Gasteiger charge is 2.22. The van der Waals surface area contributed by atoms with E-state index in [1.54, 1.807) is 66.7 Å². The van der Waals surface area contributed by atoms with Crippen molar-refractivity contribution in [1.29, 1.82) is 0 Å². The van der Waals surface area contributed by atoms with Gasteiger partial charge in [-0.25, -0.2) is 19.7 Å². The van der Waals surface area contributed by atoms with Crippen LogP contribution in [0.5, 0.6) is 11.5 Å². The number of esters is 1. The van der Waals surface area contributed by atoms with E-state index >= 15 is 0 Å². The van der Waals surface area contributed by atoms with Gasteiger partial charge in [0.1, 0.15) is 11.5 Å². The van der Waals surface area contributed by atoms with Crippen molar-refractivity contribution in [2.24, 2.45) is 29.6 Å². The summed E-state index contributed by atoms with van der Waals surface area (Å²) >= 11 is 0. The van der Waals surface area contributed by atoms with Crippen LogP contribution < -0.4 is 0 Å². The Morgan fingerprint density at radius 2 is 1.16 bits per heavy atom. The zero-order valence-electron chi connectivity index (χ0n) is 32.2. The van der Waals surface area contributed by atoms with Gasteiger partial charge < -0.3 is 14.9 Å². The van der Waals surface area contributed by atoms with Crippen molar-refractivity contribution in [3.8, 4) is 45.7 Å². The van der Waals surface area contributed by atoms with Gasteiger partial charge in [0.2, 0.25) is 0 Å². The fraction of sp³-hybridized carbons (Fsp3) is 0.500. The topological polar surface area (TPSA) is 105 Å². The van der Waals surface area contributed by atoms with Crippen LogP contribution in [-0.2, 0) is 4.74 Å². The van der Waals surface area contributed by atoms with Crippen LogP contribution in [0.4, 0.5) is 0 Å². The Morgan fingerprint density at radius 1 is 0.627 bits per heavy atom. The number of hydrogen-bond donors (Lipinski definition) is 2. The second kappa shape index (κ2) is 21.2. The van der Waals surface area contributed by atoms with E-state index in [4.69, 9.17) is 4.74 Å². The third-order valence-electron chi connectivity index (χ3n) is 9.46. The first kappa shape index (κ1) is 41.2. The van der Waals surface area contributed by atoms with Crippen molar-refractivity contribution in [2.75, 3.05) is 6.61 Å². The molecule has 0 spiro atoms. The molecule has 0 saturated heterocycles. The number of hydrogen-bond acceptors (Lipinski definition) is 7. The first-order valence-electron chi connectivity index (χ1n) is 19.1. The van der Waals surface area contributed by atoms with Gasteiger partial charge in [-0.3, -0.25) is 0 Å². The highest BCUT2D eigenvalue weighted by Crippen LogP contribution is 2.33. The summed E-state index contributed by atoms with van der Waals surface area (Å²) in [7, 11) is 0. The molecule has 0 aliphatic heterocycles. The van der Waals surface area contributed by atoms with Crippen LogP contribution in [-0.4, -0.2) is 37.7 Å². The molecule has 3 atom stereocenters. The SMILES string of the molecule is CC.CC(C)CCCC(C)CCC(COC(=O)c1cccc(-c2nc(-c3ccccc3O)nc(-c3ccccc3O)n2)c1)C(C)CCCC(C)C. The van der Waals surface area contributed by atoms with E-state index in [1.807, 2.05) is 19.9 Å². The molecule has 2 N–H and O–H groups in total. The van der Waals surface area contributed by atoms with E-state index in [2.05, 4.69) is 56.5 Å². The maximum absolute atomic E-state index is 13.5. The molecule has 3 aromatic carbocycles. The van der Waals surface area contributed by atoms with E-state index in [0.717, 1.165) is 25.2 Å². The van der Waals surface area contributed by atoms with Crippen LogP contribution in [0.1, 0.15) is 117 Å². The molecule has 7 heteroatoms. The molecular weight excluding hydrogens is 635 g/mol. The van der Waals surface area contributed by atoms with Crippen LogP contribution in [0.2, 0.25) is 0 Å². The average Bonchev–Trinajstić information content (AvgIpc) is 3.12. The number of carbonyl (C=O) groups is 1. The molecule has 0 radical (unpaired) electrons. The maximum atomic E-state index is 13.5. The molecule has 0 saturated carbocycles. The van der Waals surface area contributed by atoms with Crippen molar-refractivity contribution in [2.45, 2.75) is 107 Å². The van der Waals surface area contributed by atoms with Gasteiger partial charge in [0.25, 0.3) is 0 Å². The van der Waals surface area contributed by atoms with Gasteiger partial charge in [0.15, 0.2) is 17.5 Å². The first-order valence-corrected chi connectivity index (χ1v) is 19.1. The minimum atomic E-state index is -0.373. The number of para-hydroxylation sites is 2. The van der Waals surface area contributed by atoms with Crippen LogP contribution >= 0.6 is 0 Å². The molecule has 4 rings (SSSR count). The lowest BCUT2D eigenvalue weighted by molar-refractivity contribution is 0.0375. The standard InChI is InChI=1S/C42H55N3O4.C2H6/c1-28(2)14-11-16-30(5)24-25-34(31(6)17-12-15-29(3)4)27-49-42(48)33-19-13-18-32(26-33)39-43-40(35-20-7-9-22-37(35)46)45-41(44-39)36-21-8-10-23-38(36)47;1-2/h7-10,13,18-23,26,28-31,34,46-47H,11-12,14-17,24-25,27H2,1-6H3;1-2H3. The predicted molar refractivity (Wildman–Crippen MR) is 210 cm³/mol. The third-order valence-corrected chi connectivity index (χ3v) is 9.46. The van der Waals surface area contributed by atoms with Crippen molar-refractivity contribution in [1.82, 2.24) is 15.0 Å². The van der Waals surface area contributed by atoms with E-state index in [9.17, 15) is 15.0 Å². The Balaban J connectivity index is 0.00000345. The van der Waals surface area contributed by atoms with Gasteiger partial charge in [-0.05, 0) is 72.4 Å². The molecule has 7 nitrogen and oxygen atoms in total. The summed E-state index contributed by atoms with van der Waals surface area (Å²) in [5, 5.41) is 21.2. The Labute approximate surface area is 307 Å². The van der Waals surface area contributed by atoms with E-state index in [-0.39, 0.29) is 29.1 Å². The minimum absolute atomic E-state index is 0.0261. The van der Waals surface area contributed by atoms with E-state index < -0.39 is 0 Å². The number of phenolic OH excluding ortho intramolecular Hbond substituents is 2. The van der Waals surface area contributed by atoms with Gasteiger partial charge in [-0.2, -0.15) is 0 Å². The lowest BCUT2D eigenvalue weighted by atomic mass is 9.83. The minimum Gasteiger partial charge on any atom is -0.507 e. The fourth-order valence-electron chi connectivity index (χ4n) is 6.26. The zero-order chi connectivity index (χ0) is 37.3. The predicted octanol–water partition coefficient (Wildman–Crippen LogP) is 11.8. The van der Waals surface area contributed by atoms with E-state index in [0.29, 0.717) is 58.4 Å². The van der Waals surface area contributed by atoms with Crippen LogP contribution in [0, 0.1) is 29.6 Å². The van der Waals surface area contributed by atoms with Gasteiger partial charge in [-0.15, -0.1) is 0 Å². The summed E-state index contributed by atoms with van der Waals surface area (Å²) < 4.78 is 6.03. The maximum Gasteiger partial charge on any atom is 0.338 e. The lowest BCUT2D eigenvalue weighted by Crippen LogP contribution is -2.21. The normalized spacial score (nSPS) is 13.0. The molecule has 276 valence electrons. The molecule has 0 aliphatic rings. The molecule has 1 heterocycles. The summed E-state index contributed by atoms with van der Waals surface area (Å²) in [5.74, 6) is 3.34. The number of aromatic hydroxyl groups is 2. The number of benzene rings is 3. The van der Waals surface area contributed by atoms with Crippen LogP contribution in [0.15, 0.2) is 72.8 Å². The third kappa shape index (κ3) is 13.1. The number of rotatable bonds is 18. The van der Waals surface area contributed by atoms with Crippen LogP contribution in [0.3, 0.4) is 0 Å². The van der Waals surface area contributed by atoms with Crippen molar-refractivity contribution < 1.29 is 19.7 Å². The molecule has 0 fully saturated rings. The van der Waals surface area contributed by atoms with E-state index in [1.165, 1.54) is 32.1 Å². The Kier molecular flexibility index (Phi) is 17.1. The summed E-state index contributed by atoms with van der Waals surface area (Å²) in [5.41, 5.74) is 1.88. The molecule has 3 unspecified atom stereocenters. The number of ether oxygens (including phenoxy) is 1.